The van der Waals surface area contributed by atoms with Crippen LogP contribution in [0.3, 0.4) is 0 Å². The Balaban J connectivity index is 2.93. The summed E-state index contributed by atoms with van der Waals surface area (Å²) in [6.07, 6.45) is 0.260. The summed E-state index contributed by atoms with van der Waals surface area (Å²) >= 11 is 3.33. The average molecular weight is 299 g/mol. The van der Waals surface area contributed by atoms with Gasteiger partial charge in [-0.05, 0) is 30.5 Å². The van der Waals surface area contributed by atoms with E-state index in [1.54, 1.807) is 0 Å². The van der Waals surface area contributed by atoms with E-state index >= 15 is 0 Å². The van der Waals surface area contributed by atoms with Crippen LogP contribution in [0.15, 0.2) is 18.2 Å². The molecule has 0 bridgehead atoms. The van der Waals surface area contributed by atoms with Crippen molar-refractivity contribution in [1.29, 1.82) is 0 Å². The Morgan fingerprint density at radius 1 is 1.41 bits per heavy atom. The number of Topliss-reactive ketones (excluding diaryl/α,β-unsaturated/α-hetero) is 1. The predicted molar refractivity (Wildman–Crippen MR) is 69.2 cm³/mol. The summed E-state index contributed by atoms with van der Waals surface area (Å²) in [7, 11) is 1.37. The third kappa shape index (κ3) is 3.66. The molecule has 0 radical (unpaired) electrons. The SMILES string of the molecule is COC(=O)Cc1ccc(C(Br)C(C)=O)cc1C. The minimum Gasteiger partial charge on any atom is -0.469 e. The van der Waals surface area contributed by atoms with Crippen molar-refractivity contribution < 1.29 is 14.3 Å². The maximum atomic E-state index is 11.2. The third-order valence-corrected chi connectivity index (χ3v) is 3.75. The third-order valence-electron chi connectivity index (χ3n) is 2.58. The number of hydrogen-bond acceptors (Lipinski definition) is 3. The van der Waals surface area contributed by atoms with Gasteiger partial charge in [0.15, 0.2) is 0 Å². The zero-order valence-electron chi connectivity index (χ0n) is 10.1. The predicted octanol–water partition coefficient (Wildman–Crippen LogP) is 2.74. The van der Waals surface area contributed by atoms with Crippen LogP contribution in [0.25, 0.3) is 0 Å². The number of ether oxygens (including phenoxy) is 1. The van der Waals surface area contributed by atoms with Crippen LogP contribution in [0.4, 0.5) is 0 Å². The summed E-state index contributed by atoms with van der Waals surface area (Å²) in [6.45, 7) is 3.46. The molecule has 4 heteroatoms. The smallest absolute Gasteiger partial charge is 0.309 e. The van der Waals surface area contributed by atoms with Gasteiger partial charge in [0.05, 0.1) is 18.4 Å². The van der Waals surface area contributed by atoms with Gasteiger partial charge in [-0.25, -0.2) is 0 Å². The number of benzene rings is 1. The Hall–Kier alpha value is -1.16. The highest BCUT2D eigenvalue weighted by Gasteiger charge is 2.14. The van der Waals surface area contributed by atoms with E-state index in [9.17, 15) is 9.59 Å². The molecule has 0 saturated heterocycles. The van der Waals surface area contributed by atoms with Crippen molar-refractivity contribution in [2.75, 3.05) is 7.11 Å². The summed E-state index contributed by atoms with van der Waals surface area (Å²) in [4.78, 5) is 22.1. The van der Waals surface area contributed by atoms with Crippen LogP contribution >= 0.6 is 15.9 Å². The van der Waals surface area contributed by atoms with Crippen LogP contribution < -0.4 is 0 Å². The van der Waals surface area contributed by atoms with E-state index in [0.717, 1.165) is 16.7 Å². The molecule has 0 spiro atoms. The van der Waals surface area contributed by atoms with Gasteiger partial charge in [0.25, 0.3) is 0 Å². The summed E-state index contributed by atoms with van der Waals surface area (Å²) in [5, 5.41) is 0. The molecule has 0 aliphatic rings. The fraction of sp³-hybridized carbons (Fsp3) is 0.385. The molecule has 3 nitrogen and oxygen atoms in total. The summed E-state index contributed by atoms with van der Waals surface area (Å²) in [6, 6.07) is 5.63. The molecule has 0 saturated carbocycles. The molecule has 0 heterocycles. The second-order valence-corrected chi connectivity index (χ2v) is 4.83. The average Bonchev–Trinajstić information content (AvgIpc) is 2.30. The van der Waals surface area contributed by atoms with Crippen LogP contribution in [0.5, 0.6) is 0 Å². The van der Waals surface area contributed by atoms with Gasteiger partial charge in [-0.3, -0.25) is 9.59 Å². The first-order valence-electron chi connectivity index (χ1n) is 5.26. The molecule has 0 amide bonds. The van der Waals surface area contributed by atoms with Crippen molar-refractivity contribution >= 4 is 27.7 Å². The lowest BCUT2D eigenvalue weighted by atomic mass is 10.00. The highest BCUT2D eigenvalue weighted by Crippen LogP contribution is 2.25. The van der Waals surface area contributed by atoms with E-state index in [4.69, 9.17) is 0 Å². The van der Waals surface area contributed by atoms with Crippen molar-refractivity contribution in [3.8, 4) is 0 Å². The number of carbonyl (C=O) groups excluding carboxylic acids is 2. The zero-order valence-corrected chi connectivity index (χ0v) is 11.7. The molecule has 0 fully saturated rings. The molecule has 1 atom stereocenters. The normalized spacial score (nSPS) is 12.0. The minimum absolute atomic E-state index is 0.0603. The lowest BCUT2D eigenvalue weighted by Crippen LogP contribution is -2.07. The Labute approximate surface area is 109 Å². The highest BCUT2D eigenvalue weighted by molar-refractivity contribution is 9.09. The first-order chi connectivity index (χ1) is 7.95. The van der Waals surface area contributed by atoms with Crippen LogP contribution in [-0.2, 0) is 20.7 Å². The topological polar surface area (TPSA) is 43.4 Å². The molecule has 0 N–H and O–H groups in total. The summed E-state index contributed by atoms with van der Waals surface area (Å²) < 4.78 is 4.62. The molecule has 1 aromatic rings. The number of ketones is 1. The second-order valence-electron chi connectivity index (χ2n) is 3.91. The van der Waals surface area contributed by atoms with Gasteiger partial charge in [-0.1, -0.05) is 34.1 Å². The highest BCUT2D eigenvalue weighted by atomic mass is 79.9. The largest absolute Gasteiger partial charge is 0.469 e. The van der Waals surface area contributed by atoms with Crippen molar-refractivity contribution in [2.45, 2.75) is 25.1 Å². The van der Waals surface area contributed by atoms with E-state index < -0.39 is 0 Å². The standard InChI is InChI=1S/C13H15BrO3/c1-8-6-11(13(14)9(2)15)5-4-10(8)7-12(16)17-3/h4-6,13H,7H2,1-3H3. The van der Waals surface area contributed by atoms with Gasteiger partial charge < -0.3 is 4.74 Å². The van der Waals surface area contributed by atoms with Gasteiger partial charge >= 0.3 is 5.97 Å². The Morgan fingerprint density at radius 2 is 2.06 bits per heavy atom. The molecular formula is C13H15BrO3. The first-order valence-corrected chi connectivity index (χ1v) is 6.18. The number of methoxy groups -OCH3 is 1. The van der Waals surface area contributed by atoms with Gasteiger partial charge in [0, 0.05) is 0 Å². The number of carbonyl (C=O) groups is 2. The minimum atomic E-state index is -0.284. The molecule has 17 heavy (non-hydrogen) atoms. The number of rotatable bonds is 4. The Morgan fingerprint density at radius 3 is 2.53 bits per heavy atom. The first kappa shape index (κ1) is 13.9. The molecular weight excluding hydrogens is 284 g/mol. The maximum Gasteiger partial charge on any atom is 0.309 e. The van der Waals surface area contributed by atoms with Crippen molar-refractivity contribution in [3.05, 3.63) is 34.9 Å². The molecule has 1 unspecified atom stereocenters. The lowest BCUT2D eigenvalue weighted by molar-refractivity contribution is -0.139. The van der Waals surface area contributed by atoms with Gasteiger partial charge in [0.1, 0.15) is 5.78 Å². The number of alkyl halides is 1. The lowest BCUT2D eigenvalue weighted by Gasteiger charge is -2.10. The molecule has 0 aromatic heterocycles. The zero-order chi connectivity index (χ0) is 13.0. The molecule has 92 valence electrons. The Bertz CT molecular complexity index is 440. The van der Waals surface area contributed by atoms with Crippen LogP contribution in [0, 0.1) is 6.92 Å². The van der Waals surface area contributed by atoms with E-state index in [0.29, 0.717) is 0 Å². The van der Waals surface area contributed by atoms with Crippen LogP contribution in [-0.4, -0.2) is 18.9 Å². The summed E-state index contributed by atoms with van der Waals surface area (Å²) in [5.74, 6) is -0.201. The molecule has 0 aliphatic heterocycles. The van der Waals surface area contributed by atoms with Gasteiger partial charge in [-0.15, -0.1) is 0 Å². The van der Waals surface area contributed by atoms with Crippen LogP contribution in [0.1, 0.15) is 28.4 Å². The van der Waals surface area contributed by atoms with E-state index in [2.05, 4.69) is 20.7 Å². The quantitative estimate of drug-likeness (QED) is 0.634. The van der Waals surface area contributed by atoms with Crippen molar-refractivity contribution in [2.24, 2.45) is 0 Å². The number of aryl methyl sites for hydroxylation is 1. The monoisotopic (exact) mass is 298 g/mol. The van der Waals surface area contributed by atoms with Crippen molar-refractivity contribution in [3.63, 3.8) is 0 Å². The summed E-state index contributed by atoms with van der Waals surface area (Å²) in [5.41, 5.74) is 2.81. The fourth-order valence-electron chi connectivity index (χ4n) is 1.54. The molecule has 0 aliphatic carbocycles. The van der Waals surface area contributed by atoms with E-state index in [-0.39, 0.29) is 23.0 Å². The second kappa shape index (κ2) is 5.96. The van der Waals surface area contributed by atoms with Crippen LogP contribution in [0.2, 0.25) is 0 Å². The Kier molecular flexibility index (Phi) is 4.87. The maximum absolute atomic E-state index is 11.2. The van der Waals surface area contributed by atoms with Gasteiger partial charge in [0.2, 0.25) is 0 Å². The fourth-order valence-corrected chi connectivity index (χ4v) is 1.82. The number of halogens is 1. The molecule has 1 rings (SSSR count). The number of esters is 1. The van der Waals surface area contributed by atoms with E-state index in [1.165, 1.54) is 14.0 Å². The number of hydrogen-bond donors (Lipinski definition) is 0. The van der Waals surface area contributed by atoms with E-state index in [1.807, 2.05) is 25.1 Å². The van der Waals surface area contributed by atoms with Gasteiger partial charge in [-0.2, -0.15) is 0 Å². The van der Waals surface area contributed by atoms with Crippen molar-refractivity contribution in [1.82, 2.24) is 0 Å². The molecule has 1 aromatic carbocycles.